The molecule has 106 valence electrons. The van der Waals surface area contributed by atoms with Crippen LogP contribution in [0.5, 0.6) is 0 Å². The molecule has 1 aliphatic rings. The number of pyridine rings is 1. The fourth-order valence-corrected chi connectivity index (χ4v) is 2.47. The Morgan fingerprint density at radius 1 is 1.05 bits per heavy atom. The maximum Gasteiger partial charge on any atom is 0.225 e. The highest BCUT2D eigenvalue weighted by molar-refractivity contribution is 9.10. The van der Waals surface area contributed by atoms with Crippen LogP contribution in [0.15, 0.2) is 35.1 Å². The largest absolute Gasteiger partial charge is 0.353 e. The van der Waals surface area contributed by atoms with Crippen LogP contribution in [-0.2, 0) is 0 Å². The second-order valence-corrected chi connectivity index (χ2v) is 5.58. The van der Waals surface area contributed by atoms with E-state index in [2.05, 4.69) is 46.8 Å². The van der Waals surface area contributed by atoms with E-state index in [0.717, 1.165) is 42.4 Å². The van der Waals surface area contributed by atoms with Crippen LogP contribution >= 0.6 is 15.9 Å². The Bertz CT molecular complexity index is 658. The fourth-order valence-electron chi connectivity index (χ4n) is 2.27. The summed E-state index contributed by atoms with van der Waals surface area (Å²) in [6.45, 7) is 3.34. The molecule has 0 saturated carbocycles. The molecule has 7 heteroatoms. The van der Waals surface area contributed by atoms with Crippen molar-refractivity contribution in [1.82, 2.24) is 15.0 Å². The molecule has 0 amide bonds. The van der Waals surface area contributed by atoms with E-state index in [0.29, 0.717) is 5.69 Å². The summed E-state index contributed by atoms with van der Waals surface area (Å²) in [5.41, 5.74) is 0.450. The summed E-state index contributed by atoms with van der Waals surface area (Å²) in [7, 11) is 0. The average Bonchev–Trinajstić information content (AvgIpc) is 2.56. The lowest BCUT2D eigenvalue weighted by atomic mass is 10.3. The number of hydrogen-bond donors (Lipinski definition) is 0. The molecule has 1 aliphatic heterocycles. The monoisotopic (exact) mass is 344 g/mol. The van der Waals surface area contributed by atoms with Crippen molar-refractivity contribution in [3.63, 3.8) is 0 Å². The Kier molecular flexibility index (Phi) is 3.97. The Balaban J connectivity index is 1.67. The van der Waals surface area contributed by atoms with Gasteiger partial charge in [-0.15, -0.1) is 0 Å². The van der Waals surface area contributed by atoms with E-state index in [4.69, 9.17) is 5.26 Å². The highest BCUT2D eigenvalue weighted by atomic mass is 79.9. The number of anilines is 2. The lowest BCUT2D eigenvalue weighted by molar-refractivity contribution is 0.634. The molecular formula is C14H13BrN6. The number of nitriles is 1. The zero-order valence-corrected chi connectivity index (χ0v) is 12.9. The van der Waals surface area contributed by atoms with E-state index >= 15 is 0 Å². The summed E-state index contributed by atoms with van der Waals surface area (Å²) >= 11 is 3.34. The van der Waals surface area contributed by atoms with Crippen molar-refractivity contribution in [2.75, 3.05) is 36.0 Å². The van der Waals surface area contributed by atoms with Gasteiger partial charge in [0, 0.05) is 38.6 Å². The van der Waals surface area contributed by atoms with Crippen molar-refractivity contribution in [2.24, 2.45) is 0 Å². The minimum absolute atomic E-state index is 0.450. The SMILES string of the molecule is N#Cc1cccc(N2CCN(c3ncc(Br)cn3)CC2)n1. The first kappa shape index (κ1) is 13.8. The normalized spacial score (nSPS) is 14.9. The minimum Gasteiger partial charge on any atom is -0.353 e. The molecule has 0 unspecified atom stereocenters. The molecule has 2 aromatic heterocycles. The number of piperazine rings is 1. The van der Waals surface area contributed by atoms with Gasteiger partial charge in [0.1, 0.15) is 17.6 Å². The topological polar surface area (TPSA) is 68.9 Å². The summed E-state index contributed by atoms with van der Waals surface area (Å²) in [6.07, 6.45) is 3.51. The molecule has 1 fully saturated rings. The zero-order valence-electron chi connectivity index (χ0n) is 11.3. The van der Waals surface area contributed by atoms with Crippen molar-refractivity contribution < 1.29 is 0 Å². The van der Waals surface area contributed by atoms with Crippen molar-refractivity contribution >= 4 is 27.7 Å². The van der Waals surface area contributed by atoms with Crippen LogP contribution in [-0.4, -0.2) is 41.1 Å². The standard InChI is InChI=1S/C14H13BrN6/c15-11-9-17-14(18-10-11)21-6-4-20(5-7-21)13-3-1-2-12(8-16)19-13/h1-3,9-10H,4-7H2. The van der Waals surface area contributed by atoms with E-state index < -0.39 is 0 Å². The number of hydrogen-bond acceptors (Lipinski definition) is 6. The van der Waals surface area contributed by atoms with Crippen LogP contribution in [0.1, 0.15) is 5.69 Å². The van der Waals surface area contributed by atoms with Crippen molar-refractivity contribution in [1.29, 1.82) is 5.26 Å². The highest BCUT2D eigenvalue weighted by Gasteiger charge is 2.19. The van der Waals surface area contributed by atoms with Crippen LogP contribution in [0.4, 0.5) is 11.8 Å². The first-order valence-electron chi connectivity index (χ1n) is 6.61. The van der Waals surface area contributed by atoms with Gasteiger partial charge < -0.3 is 9.80 Å². The third kappa shape index (κ3) is 3.11. The number of nitrogens with zero attached hydrogens (tertiary/aromatic N) is 6. The molecule has 0 radical (unpaired) electrons. The Morgan fingerprint density at radius 3 is 2.38 bits per heavy atom. The van der Waals surface area contributed by atoms with Gasteiger partial charge in [-0.25, -0.2) is 15.0 Å². The van der Waals surface area contributed by atoms with Gasteiger partial charge in [0.25, 0.3) is 0 Å². The highest BCUT2D eigenvalue weighted by Crippen LogP contribution is 2.17. The zero-order chi connectivity index (χ0) is 14.7. The molecule has 0 atom stereocenters. The molecule has 3 heterocycles. The summed E-state index contributed by atoms with van der Waals surface area (Å²) in [6, 6.07) is 7.59. The van der Waals surface area contributed by atoms with Gasteiger partial charge in [0.15, 0.2) is 0 Å². The van der Waals surface area contributed by atoms with E-state index in [1.165, 1.54) is 0 Å². The number of aromatic nitrogens is 3. The van der Waals surface area contributed by atoms with Gasteiger partial charge in [0.2, 0.25) is 5.95 Å². The lowest BCUT2D eigenvalue weighted by Gasteiger charge is -2.35. The molecular weight excluding hydrogens is 332 g/mol. The number of rotatable bonds is 2. The molecule has 3 rings (SSSR count). The van der Waals surface area contributed by atoms with Crippen LogP contribution in [0, 0.1) is 11.3 Å². The average molecular weight is 345 g/mol. The molecule has 1 saturated heterocycles. The second-order valence-electron chi connectivity index (χ2n) is 4.67. The Hall–Kier alpha value is -2.20. The summed E-state index contributed by atoms with van der Waals surface area (Å²) < 4.78 is 0.877. The molecule has 0 aromatic carbocycles. The predicted molar refractivity (Wildman–Crippen MR) is 83.1 cm³/mol. The van der Waals surface area contributed by atoms with Crippen LogP contribution in [0.2, 0.25) is 0 Å². The van der Waals surface area contributed by atoms with Crippen LogP contribution in [0.3, 0.4) is 0 Å². The second kappa shape index (κ2) is 6.06. The molecule has 0 aliphatic carbocycles. The van der Waals surface area contributed by atoms with Crippen molar-refractivity contribution in [3.05, 3.63) is 40.8 Å². The maximum atomic E-state index is 8.91. The van der Waals surface area contributed by atoms with Gasteiger partial charge in [-0.2, -0.15) is 5.26 Å². The third-order valence-corrected chi connectivity index (χ3v) is 3.75. The van der Waals surface area contributed by atoms with Crippen molar-refractivity contribution in [3.8, 4) is 6.07 Å². The summed E-state index contributed by atoms with van der Waals surface area (Å²) in [4.78, 5) is 17.3. The fraction of sp³-hybridized carbons (Fsp3) is 0.286. The van der Waals surface area contributed by atoms with E-state index in [9.17, 15) is 0 Å². The van der Waals surface area contributed by atoms with Crippen LogP contribution < -0.4 is 9.80 Å². The van der Waals surface area contributed by atoms with Gasteiger partial charge in [-0.3, -0.25) is 0 Å². The number of halogens is 1. The molecule has 0 N–H and O–H groups in total. The molecule has 0 spiro atoms. The molecule has 6 nitrogen and oxygen atoms in total. The molecule has 2 aromatic rings. The Morgan fingerprint density at radius 2 is 1.71 bits per heavy atom. The lowest BCUT2D eigenvalue weighted by Crippen LogP contribution is -2.47. The summed E-state index contributed by atoms with van der Waals surface area (Å²) in [5.74, 6) is 1.60. The van der Waals surface area contributed by atoms with E-state index in [1.807, 2.05) is 12.1 Å². The first-order chi connectivity index (χ1) is 10.3. The summed E-state index contributed by atoms with van der Waals surface area (Å²) in [5, 5.41) is 8.91. The van der Waals surface area contributed by atoms with Crippen LogP contribution in [0.25, 0.3) is 0 Å². The van der Waals surface area contributed by atoms with E-state index in [1.54, 1.807) is 18.5 Å². The van der Waals surface area contributed by atoms with Gasteiger partial charge >= 0.3 is 0 Å². The molecule has 0 bridgehead atoms. The van der Waals surface area contributed by atoms with Gasteiger partial charge in [-0.05, 0) is 28.1 Å². The van der Waals surface area contributed by atoms with E-state index in [-0.39, 0.29) is 0 Å². The quantitative estimate of drug-likeness (QED) is 0.827. The smallest absolute Gasteiger partial charge is 0.225 e. The van der Waals surface area contributed by atoms with Crippen molar-refractivity contribution in [2.45, 2.75) is 0 Å². The molecule has 21 heavy (non-hydrogen) atoms. The first-order valence-corrected chi connectivity index (χ1v) is 7.40. The third-order valence-electron chi connectivity index (χ3n) is 3.34. The van der Waals surface area contributed by atoms with Gasteiger partial charge in [0.05, 0.1) is 4.47 Å². The predicted octanol–water partition coefficient (Wildman–Crippen LogP) is 1.83. The maximum absolute atomic E-state index is 8.91. The van der Waals surface area contributed by atoms with Gasteiger partial charge in [-0.1, -0.05) is 6.07 Å². The Labute approximate surface area is 131 Å². The minimum atomic E-state index is 0.450.